The molecule has 0 radical (unpaired) electrons. The second-order valence-corrected chi connectivity index (χ2v) is 6.08. The van der Waals surface area contributed by atoms with E-state index in [0.717, 1.165) is 12.8 Å². The Balaban J connectivity index is 1.74. The summed E-state index contributed by atoms with van der Waals surface area (Å²) in [4.78, 5) is 19.0. The molecule has 110 valence electrons. The molecule has 2 atom stereocenters. The van der Waals surface area contributed by atoms with Crippen molar-refractivity contribution in [2.24, 2.45) is 0 Å². The molecular formula is C15H24N4O. The van der Waals surface area contributed by atoms with Gasteiger partial charge in [-0.3, -0.25) is 4.79 Å². The highest BCUT2D eigenvalue weighted by molar-refractivity contribution is 5.32. The number of fused-ring (bicyclic) bond motifs is 2. The van der Waals surface area contributed by atoms with E-state index in [1.54, 1.807) is 17.0 Å². The van der Waals surface area contributed by atoms with Gasteiger partial charge in [-0.15, -0.1) is 0 Å². The summed E-state index contributed by atoms with van der Waals surface area (Å²) in [6.45, 7) is 2.67. The van der Waals surface area contributed by atoms with Crippen molar-refractivity contribution in [3.8, 4) is 0 Å². The molecule has 0 aliphatic carbocycles. The first-order valence-corrected chi connectivity index (χ1v) is 7.73. The lowest BCUT2D eigenvalue weighted by atomic mass is 9.82. The summed E-state index contributed by atoms with van der Waals surface area (Å²) in [7, 11) is 2.25. The summed E-state index contributed by atoms with van der Waals surface area (Å²) in [5.74, 6) is 0.516. The van der Waals surface area contributed by atoms with Gasteiger partial charge in [0, 0.05) is 37.1 Å². The molecule has 0 spiro atoms. The van der Waals surface area contributed by atoms with E-state index in [-0.39, 0.29) is 5.56 Å². The molecule has 0 amide bonds. The molecule has 5 nitrogen and oxygen atoms in total. The van der Waals surface area contributed by atoms with Crippen LogP contribution >= 0.6 is 0 Å². The smallest absolute Gasteiger partial charge is 0.293 e. The fourth-order valence-corrected chi connectivity index (χ4v) is 3.72. The van der Waals surface area contributed by atoms with E-state index in [1.807, 2.05) is 6.92 Å². The first kappa shape index (κ1) is 13.6. The highest BCUT2D eigenvalue weighted by Crippen LogP contribution is 2.33. The molecule has 1 N–H and O–H groups in total. The topological polar surface area (TPSA) is 50.2 Å². The average molecular weight is 276 g/mol. The molecule has 2 fully saturated rings. The monoisotopic (exact) mass is 276 g/mol. The molecule has 2 aliphatic heterocycles. The zero-order valence-electron chi connectivity index (χ0n) is 12.4. The van der Waals surface area contributed by atoms with Crippen LogP contribution in [-0.4, -0.2) is 39.6 Å². The van der Waals surface area contributed by atoms with Gasteiger partial charge in [-0.25, -0.2) is 4.98 Å². The van der Waals surface area contributed by atoms with Gasteiger partial charge in [0.1, 0.15) is 0 Å². The summed E-state index contributed by atoms with van der Waals surface area (Å²) in [5.41, 5.74) is -0.000845. The molecule has 2 bridgehead atoms. The molecular weight excluding hydrogens is 252 g/mol. The van der Waals surface area contributed by atoms with E-state index in [0.29, 0.717) is 30.5 Å². The van der Waals surface area contributed by atoms with Crippen LogP contribution in [-0.2, 0) is 6.54 Å². The maximum Gasteiger partial charge on any atom is 0.293 e. The Bertz CT molecular complexity index is 513. The molecule has 2 unspecified atom stereocenters. The van der Waals surface area contributed by atoms with Gasteiger partial charge in [0.05, 0.1) is 0 Å². The van der Waals surface area contributed by atoms with Crippen LogP contribution in [0.1, 0.15) is 39.0 Å². The predicted octanol–water partition coefficient (Wildman–Crippen LogP) is 1.69. The number of hydrogen-bond donors (Lipinski definition) is 1. The minimum atomic E-state index is -0.000845. The first-order valence-electron chi connectivity index (χ1n) is 7.73. The van der Waals surface area contributed by atoms with Gasteiger partial charge in [0.15, 0.2) is 5.82 Å². The predicted molar refractivity (Wildman–Crippen MR) is 80.0 cm³/mol. The SMILES string of the molecule is CCn1ccnc(NC2CC3CCCC(C2)N3C)c1=O. The van der Waals surface area contributed by atoms with Crippen LogP contribution in [0.25, 0.3) is 0 Å². The fourth-order valence-electron chi connectivity index (χ4n) is 3.72. The molecule has 3 rings (SSSR count). The second kappa shape index (κ2) is 5.56. The van der Waals surface area contributed by atoms with Crippen molar-refractivity contribution in [3.05, 3.63) is 22.7 Å². The van der Waals surface area contributed by atoms with Gasteiger partial charge in [0.25, 0.3) is 5.56 Å². The number of anilines is 1. The molecule has 0 aromatic carbocycles. The van der Waals surface area contributed by atoms with Crippen LogP contribution in [0.4, 0.5) is 5.82 Å². The number of nitrogens with one attached hydrogen (secondary N) is 1. The summed E-state index contributed by atoms with van der Waals surface area (Å²) in [5, 5.41) is 3.40. The van der Waals surface area contributed by atoms with Gasteiger partial charge in [-0.2, -0.15) is 0 Å². The molecule has 1 aromatic heterocycles. The van der Waals surface area contributed by atoms with E-state index in [2.05, 4.69) is 22.2 Å². The van der Waals surface area contributed by atoms with E-state index in [4.69, 9.17) is 0 Å². The van der Waals surface area contributed by atoms with Crippen LogP contribution in [0.2, 0.25) is 0 Å². The zero-order chi connectivity index (χ0) is 14.1. The summed E-state index contributed by atoms with van der Waals surface area (Å²) < 4.78 is 1.70. The summed E-state index contributed by atoms with van der Waals surface area (Å²) >= 11 is 0. The van der Waals surface area contributed by atoms with Crippen LogP contribution in [0.3, 0.4) is 0 Å². The molecule has 2 aliphatic rings. The highest BCUT2D eigenvalue weighted by Gasteiger charge is 2.36. The standard InChI is InChI=1S/C15H24N4O/c1-3-19-8-7-16-14(15(19)20)17-11-9-12-5-4-6-13(10-11)18(12)2/h7-8,11-13H,3-6,9-10H2,1-2H3,(H,16,17). The van der Waals surface area contributed by atoms with E-state index >= 15 is 0 Å². The van der Waals surface area contributed by atoms with Gasteiger partial charge >= 0.3 is 0 Å². The van der Waals surface area contributed by atoms with Gasteiger partial charge in [-0.1, -0.05) is 6.42 Å². The zero-order valence-corrected chi connectivity index (χ0v) is 12.4. The van der Waals surface area contributed by atoms with Crippen molar-refractivity contribution in [1.29, 1.82) is 0 Å². The highest BCUT2D eigenvalue weighted by atomic mass is 16.1. The lowest BCUT2D eigenvalue weighted by Crippen LogP contribution is -2.53. The molecule has 5 heteroatoms. The normalized spacial score (nSPS) is 30.2. The van der Waals surface area contributed by atoms with Gasteiger partial charge in [0.2, 0.25) is 0 Å². The lowest BCUT2D eigenvalue weighted by Gasteiger charge is -2.47. The largest absolute Gasteiger partial charge is 0.363 e. The van der Waals surface area contributed by atoms with Crippen molar-refractivity contribution >= 4 is 5.82 Å². The van der Waals surface area contributed by atoms with Crippen LogP contribution in [0.5, 0.6) is 0 Å². The van der Waals surface area contributed by atoms with Crippen molar-refractivity contribution in [3.63, 3.8) is 0 Å². The molecule has 3 heterocycles. The quantitative estimate of drug-likeness (QED) is 0.913. The molecule has 20 heavy (non-hydrogen) atoms. The minimum absolute atomic E-state index is 0.000845. The number of rotatable bonds is 3. The minimum Gasteiger partial charge on any atom is -0.363 e. The number of aromatic nitrogens is 2. The second-order valence-electron chi connectivity index (χ2n) is 6.08. The van der Waals surface area contributed by atoms with Crippen LogP contribution in [0, 0.1) is 0 Å². The van der Waals surface area contributed by atoms with Crippen molar-refractivity contribution in [1.82, 2.24) is 14.5 Å². The molecule has 1 aromatic rings. The number of aryl methyl sites for hydroxylation is 1. The fraction of sp³-hybridized carbons (Fsp3) is 0.733. The Hall–Kier alpha value is -1.36. The Morgan fingerprint density at radius 1 is 1.35 bits per heavy atom. The Morgan fingerprint density at radius 2 is 2.05 bits per heavy atom. The molecule has 2 saturated heterocycles. The maximum atomic E-state index is 12.2. The summed E-state index contributed by atoms with van der Waals surface area (Å²) in [6.07, 6.45) is 9.61. The Labute approximate surface area is 120 Å². The van der Waals surface area contributed by atoms with E-state index in [1.165, 1.54) is 19.3 Å². The third-order valence-corrected chi connectivity index (χ3v) is 4.94. The third kappa shape index (κ3) is 2.46. The van der Waals surface area contributed by atoms with Gasteiger partial charge in [-0.05, 0) is 39.7 Å². The lowest BCUT2D eigenvalue weighted by molar-refractivity contribution is 0.0607. The van der Waals surface area contributed by atoms with Gasteiger partial charge < -0.3 is 14.8 Å². The van der Waals surface area contributed by atoms with Crippen LogP contribution in [0.15, 0.2) is 17.2 Å². The Kier molecular flexibility index (Phi) is 3.78. The number of nitrogens with zero attached hydrogens (tertiary/aromatic N) is 3. The Morgan fingerprint density at radius 3 is 2.70 bits per heavy atom. The van der Waals surface area contributed by atoms with E-state index < -0.39 is 0 Å². The maximum absolute atomic E-state index is 12.2. The van der Waals surface area contributed by atoms with E-state index in [9.17, 15) is 4.79 Å². The molecule has 0 saturated carbocycles. The first-order chi connectivity index (χ1) is 9.69. The third-order valence-electron chi connectivity index (χ3n) is 4.94. The number of hydrogen-bond acceptors (Lipinski definition) is 4. The number of piperidine rings is 2. The van der Waals surface area contributed by atoms with Crippen molar-refractivity contribution in [2.45, 2.75) is 63.7 Å². The van der Waals surface area contributed by atoms with Crippen molar-refractivity contribution < 1.29 is 0 Å². The average Bonchev–Trinajstić information content (AvgIpc) is 2.42. The van der Waals surface area contributed by atoms with Crippen LogP contribution < -0.4 is 10.9 Å². The van der Waals surface area contributed by atoms with Crippen molar-refractivity contribution in [2.75, 3.05) is 12.4 Å². The summed E-state index contributed by atoms with van der Waals surface area (Å²) in [6, 6.07) is 1.71.